The van der Waals surface area contributed by atoms with E-state index in [2.05, 4.69) is 39.3 Å². The molecule has 0 radical (unpaired) electrons. The third-order valence-electron chi connectivity index (χ3n) is 3.95. The molecule has 1 aromatic carbocycles. The number of amides is 1. The lowest BCUT2D eigenvalue weighted by molar-refractivity contribution is 0.102. The largest absolute Gasteiger partial charge is 0.385 e. The normalized spacial score (nSPS) is 10.4. The molecule has 140 valence electrons. The van der Waals surface area contributed by atoms with Crippen LogP contribution >= 0.6 is 0 Å². The summed E-state index contributed by atoms with van der Waals surface area (Å²) in [5.74, 6) is 0.175. The van der Waals surface area contributed by atoms with E-state index in [0.717, 1.165) is 30.9 Å². The molecule has 0 fully saturated rings. The first-order valence-electron chi connectivity index (χ1n) is 8.90. The van der Waals surface area contributed by atoms with Gasteiger partial charge in [0.25, 0.3) is 5.91 Å². The molecule has 0 saturated heterocycles. The summed E-state index contributed by atoms with van der Waals surface area (Å²) in [7, 11) is 1.66. The van der Waals surface area contributed by atoms with E-state index >= 15 is 0 Å². The van der Waals surface area contributed by atoms with Gasteiger partial charge in [-0.05, 0) is 50.6 Å². The van der Waals surface area contributed by atoms with Crippen molar-refractivity contribution in [3.05, 3.63) is 42.2 Å². The molecule has 0 aliphatic carbocycles. The van der Waals surface area contributed by atoms with Crippen molar-refractivity contribution in [2.75, 3.05) is 48.9 Å². The number of benzene rings is 1. The van der Waals surface area contributed by atoms with Crippen LogP contribution in [0.3, 0.4) is 0 Å². The predicted octanol–water partition coefficient (Wildman–Crippen LogP) is 3.02. The van der Waals surface area contributed by atoms with E-state index in [9.17, 15) is 4.79 Å². The zero-order valence-corrected chi connectivity index (χ0v) is 15.7. The van der Waals surface area contributed by atoms with Gasteiger partial charge in [0.15, 0.2) is 0 Å². The average molecular weight is 357 g/mol. The molecular weight excluding hydrogens is 330 g/mol. The van der Waals surface area contributed by atoms with E-state index in [-0.39, 0.29) is 5.91 Å². The van der Waals surface area contributed by atoms with E-state index < -0.39 is 0 Å². The summed E-state index contributed by atoms with van der Waals surface area (Å²) in [5.41, 5.74) is 2.19. The maximum absolute atomic E-state index is 12.4. The molecule has 7 nitrogen and oxygen atoms in total. The number of nitrogens with zero attached hydrogens (tertiary/aromatic N) is 3. The average Bonchev–Trinajstić information content (AvgIpc) is 2.68. The molecule has 2 aromatic rings. The Balaban J connectivity index is 1.96. The zero-order valence-electron chi connectivity index (χ0n) is 15.7. The fourth-order valence-electron chi connectivity index (χ4n) is 2.53. The summed E-state index contributed by atoms with van der Waals surface area (Å²) >= 11 is 0. The van der Waals surface area contributed by atoms with Gasteiger partial charge in [-0.2, -0.15) is 0 Å². The molecule has 1 aromatic heterocycles. The highest BCUT2D eigenvalue weighted by atomic mass is 16.5. The maximum Gasteiger partial charge on any atom is 0.274 e. The first-order chi connectivity index (χ1) is 12.7. The third-order valence-corrected chi connectivity index (χ3v) is 3.95. The van der Waals surface area contributed by atoms with Crippen LogP contribution < -0.4 is 15.5 Å². The van der Waals surface area contributed by atoms with Crippen molar-refractivity contribution < 1.29 is 9.53 Å². The highest BCUT2D eigenvalue weighted by Crippen LogP contribution is 2.18. The van der Waals surface area contributed by atoms with Gasteiger partial charge in [0, 0.05) is 50.9 Å². The molecular formula is C19H27N5O2. The number of methoxy groups -OCH3 is 1. The van der Waals surface area contributed by atoms with Gasteiger partial charge >= 0.3 is 0 Å². The van der Waals surface area contributed by atoms with Gasteiger partial charge in [-0.25, -0.2) is 9.97 Å². The lowest BCUT2D eigenvalue weighted by atomic mass is 10.2. The number of nitrogens with one attached hydrogen (secondary N) is 2. The number of aromatic nitrogens is 2. The molecule has 0 bridgehead atoms. The van der Waals surface area contributed by atoms with Crippen LogP contribution in [-0.4, -0.2) is 49.2 Å². The highest BCUT2D eigenvalue weighted by molar-refractivity contribution is 6.03. The molecule has 0 atom stereocenters. The molecule has 2 N–H and O–H groups in total. The Hall–Kier alpha value is -2.67. The van der Waals surface area contributed by atoms with Gasteiger partial charge in [0.2, 0.25) is 5.95 Å². The van der Waals surface area contributed by atoms with Crippen LogP contribution in [0.25, 0.3) is 0 Å². The number of anilines is 3. The summed E-state index contributed by atoms with van der Waals surface area (Å²) < 4.78 is 5.00. The Kier molecular flexibility index (Phi) is 7.82. The molecule has 0 spiro atoms. The second-order valence-corrected chi connectivity index (χ2v) is 5.71. The summed E-state index contributed by atoms with van der Waals surface area (Å²) in [6.07, 6.45) is 2.42. The summed E-state index contributed by atoms with van der Waals surface area (Å²) in [6, 6.07) is 9.41. The number of hydrogen-bond donors (Lipinski definition) is 2. The van der Waals surface area contributed by atoms with Gasteiger partial charge in [0.05, 0.1) is 0 Å². The smallest absolute Gasteiger partial charge is 0.274 e. The highest BCUT2D eigenvalue weighted by Gasteiger charge is 2.10. The quantitative estimate of drug-likeness (QED) is 0.636. The molecule has 2 rings (SSSR count). The first kappa shape index (κ1) is 19.7. The van der Waals surface area contributed by atoms with Gasteiger partial charge in [-0.3, -0.25) is 4.79 Å². The number of carbonyl (C=O) groups excluding carboxylic acids is 1. The van der Waals surface area contributed by atoms with E-state index in [0.29, 0.717) is 24.8 Å². The van der Waals surface area contributed by atoms with Crippen LogP contribution in [0.4, 0.5) is 17.3 Å². The van der Waals surface area contributed by atoms with Crippen LogP contribution in [0.1, 0.15) is 30.8 Å². The molecule has 0 aliphatic rings. The molecule has 26 heavy (non-hydrogen) atoms. The minimum absolute atomic E-state index is 0.261. The Morgan fingerprint density at radius 1 is 1.15 bits per heavy atom. The van der Waals surface area contributed by atoms with Crippen molar-refractivity contribution in [2.24, 2.45) is 0 Å². The van der Waals surface area contributed by atoms with Crippen molar-refractivity contribution in [2.45, 2.75) is 20.3 Å². The Labute approximate surface area is 154 Å². The lowest BCUT2D eigenvalue weighted by Gasteiger charge is -2.21. The van der Waals surface area contributed by atoms with Crippen molar-refractivity contribution in [3.63, 3.8) is 0 Å². The first-order valence-corrected chi connectivity index (χ1v) is 8.90. The van der Waals surface area contributed by atoms with Crippen molar-refractivity contribution in [1.29, 1.82) is 0 Å². The number of ether oxygens (including phenoxy) is 1. The van der Waals surface area contributed by atoms with Crippen molar-refractivity contribution >= 4 is 23.2 Å². The monoisotopic (exact) mass is 357 g/mol. The fraction of sp³-hybridized carbons (Fsp3) is 0.421. The van der Waals surface area contributed by atoms with E-state index in [1.54, 1.807) is 19.4 Å². The van der Waals surface area contributed by atoms with Crippen LogP contribution in [0.15, 0.2) is 36.5 Å². The number of rotatable bonds is 10. The number of carbonyl (C=O) groups is 1. The van der Waals surface area contributed by atoms with Crippen LogP contribution in [0.5, 0.6) is 0 Å². The summed E-state index contributed by atoms with van der Waals surface area (Å²) in [6.45, 7) is 7.49. The van der Waals surface area contributed by atoms with Crippen molar-refractivity contribution in [3.8, 4) is 0 Å². The lowest BCUT2D eigenvalue weighted by Crippen LogP contribution is -2.21. The van der Waals surface area contributed by atoms with Gasteiger partial charge in [-0.1, -0.05) is 0 Å². The fourth-order valence-corrected chi connectivity index (χ4v) is 2.53. The van der Waals surface area contributed by atoms with Gasteiger partial charge in [0.1, 0.15) is 5.69 Å². The SMILES string of the molecule is CCN(CC)c1ccc(NC(=O)c2ccnc(NCCCOC)n2)cc1. The molecule has 1 amide bonds. The van der Waals surface area contributed by atoms with E-state index in [1.807, 2.05) is 24.3 Å². The Morgan fingerprint density at radius 3 is 2.54 bits per heavy atom. The number of hydrogen-bond acceptors (Lipinski definition) is 6. The van der Waals surface area contributed by atoms with Gasteiger partial charge < -0.3 is 20.3 Å². The van der Waals surface area contributed by atoms with Crippen LogP contribution in [0.2, 0.25) is 0 Å². The summed E-state index contributed by atoms with van der Waals surface area (Å²) in [5, 5.41) is 5.95. The molecule has 0 saturated carbocycles. The van der Waals surface area contributed by atoms with Gasteiger partial charge in [-0.15, -0.1) is 0 Å². The Bertz CT molecular complexity index is 687. The second kappa shape index (κ2) is 10.4. The molecule has 7 heteroatoms. The molecule has 0 aliphatic heterocycles. The minimum atomic E-state index is -0.261. The topological polar surface area (TPSA) is 79.4 Å². The summed E-state index contributed by atoms with van der Waals surface area (Å²) in [4.78, 5) is 23.0. The second-order valence-electron chi connectivity index (χ2n) is 5.71. The standard InChI is InChI=1S/C19H27N5O2/c1-4-24(5-2)16-9-7-15(8-10-16)22-18(25)17-11-13-21-19(23-17)20-12-6-14-26-3/h7-11,13H,4-6,12,14H2,1-3H3,(H,22,25)(H,20,21,23). The zero-order chi connectivity index (χ0) is 18.8. The van der Waals surface area contributed by atoms with Crippen molar-refractivity contribution in [1.82, 2.24) is 9.97 Å². The van der Waals surface area contributed by atoms with Crippen LogP contribution in [0, 0.1) is 0 Å². The van der Waals surface area contributed by atoms with E-state index in [1.165, 1.54) is 0 Å². The van der Waals surface area contributed by atoms with E-state index in [4.69, 9.17) is 4.74 Å². The Morgan fingerprint density at radius 2 is 1.88 bits per heavy atom. The minimum Gasteiger partial charge on any atom is -0.385 e. The molecule has 1 heterocycles. The third kappa shape index (κ3) is 5.70. The van der Waals surface area contributed by atoms with Crippen LogP contribution in [-0.2, 0) is 4.74 Å². The molecule has 0 unspecified atom stereocenters. The maximum atomic E-state index is 12.4. The predicted molar refractivity (Wildman–Crippen MR) is 105 cm³/mol.